The number of fused-ring (bicyclic) bond motifs is 3. The number of pyridine rings is 1. The maximum Gasteiger partial charge on any atom is 0.337 e. The van der Waals surface area contributed by atoms with Gasteiger partial charge in [-0.05, 0) is 59.0 Å². The zero-order valence-corrected chi connectivity index (χ0v) is 23.8. The Morgan fingerprint density at radius 2 is 1.67 bits per heavy atom. The number of benzene rings is 4. The number of carboxylic acids is 1. The van der Waals surface area contributed by atoms with E-state index in [0.717, 1.165) is 33.4 Å². The molecule has 6 nitrogen and oxygen atoms in total. The van der Waals surface area contributed by atoms with E-state index < -0.39 is 12.1 Å². The van der Waals surface area contributed by atoms with Crippen LogP contribution in [0.4, 0.5) is 0 Å². The number of hydrogen-bond acceptors (Lipinski definition) is 3. The molecule has 0 amide bonds. The third kappa shape index (κ3) is 4.76. The molecule has 0 spiro atoms. The van der Waals surface area contributed by atoms with Crippen LogP contribution >= 0.6 is 0 Å². The van der Waals surface area contributed by atoms with Gasteiger partial charge in [0.2, 0.25) is 0 Å². The van der Waals surface area contributed by atoms with Crippen LogP contribution in [0.25, 0.3) is 38.6 Å². The molecular weight excluding hydrogens is 534 g/mol. The minimum Gasteiger partial charge on any atom is -0.478 e. The molecule has 0 unspecified atom stereocenters. The molecule has 0 radical (unpaired) electrons. The lowest BCUT2D eigenvalue weighted by Crippen LogP contribution is -2.04. The third-order valence-electron chi connectivity index (χ3n) is 8.41. The van der Waals surface area contributed by atoms with Crippen LogP contribution in [-0.4, -0.2) is 30.1 Å². The number of aliphatic hydroxyl groups is 1. The number of carboxylic acid groups (broad SMARTS) is 1. The van der Waals surface area contributed by atoms with Gasteiger partial charge in [-0.1, -0.05) is 84.9 Å². The highest BCUT2D eigenvalue weighted by molar-refractivity contribution is 6.09. The van der Waals surface area contributed by atoms with Crippen molar-refractivity contribution >= 4 is 33.3 Å². The van der Waals surface area contributed by atoms with Gasteiger partial charge in [-0.2, -0.15) is 0 Å². The lowest BCUT2D eigenvalue weighted by molar-refractivity contribution is 0.0700. The standard InChI is InChI=1S/C37H31N3O3/c1-24-10-9-15-30-34(24)27(23-39(30)21-19-32(41)26-12-3-2-4-13-26)22-31-36(38-33-16-7-8-20-40(31)33)29-18-17-25-11-5-6-14-28(25)35(29)37(42)43/h2-18,20,23,32,41H,19,21-22H2,1H3,(H,42,43)/t32-/m0/s1. The third-order valence-corrected chi connectivity index (χ3v) is 8.41. The summed E-state index contributed by atoms with van der Waals surface area (Å²) < 4.78 is 4.29. The van der Waals surface area contributed by atoms with Crippen molar-refractivity contribution in [3.05, 3.63) is 143 Å². The van der Waals surface area contributed by atoms with Crippen molar-refractivity contribution in [3.8, 4) is 11.3 Å². The molecule has 0 saturated carbocycles. The number of imidazole rings is 1. The fraction of sp³-hybridized carbons (Fsp3) is 0.135. The maximum atomic E-state index is 12.7. The number of nitrogens with zero attached hydrogens (tertiary/aromatic N) is 3. The number of aryl methyl sites for hydroxylation is 2. The van der Waals surface area contributed by atoms with Crippen molar-refractivity contribution in [1.29, 1.82) is 0 Å². The normalized spacial score (nSPS) is 12.3. The molecule has 2 N–H and O–H groups in total. The second kappa shape index (κ2) is 10.9. The molecule has 7 aromatic rings. The quantitative estimate of drug-likeness (QED) is 0.197. The van der Waals surface area contributed by atoms with Gasteiger partial charge in [0.25, 0.3) is 0 Å². The summed E-state index contributed by atoms with van der Waals surface area (Å²) in [5.74, 6) is -0.973. The largest absolute Gasteiger partial charge is 0.478 e. The summed E-state index contributed by atoms with van der Waals surface area (Å²) in [4.78, 5) is 17.7. The predicted molar refractivity (Wildman–Crippen MR) is 171 cm³/mol. The first-order chi connectivity index (χ1) is 21.0. The molecule has 3 aromatic heterocycles. The number of rotatable bonds is 8. The first kappa shape index (κ1) is 26.7. The zero-order chi connectivity index (χ0) is 29.5. The fourth-order valence-electron chi connectivity index (χ4n) is 6.36. The van der Waals surface area contributed by atoms with Crippen molar-refractivity contribution in [2.45, 2.75) is 32.4 Å². The van der Waals surface area contributed by atoms with Crippen molar-refractivity contribution in [2.75, 3.05) is 0 Å². The Morgan fingerprint density at radius 1 is 0.884 bits per heavy atom. The van der Waals surface area contributed by atoms with Gasteiger partial charge < -0.3 is 19.2 Å². The lowest BCUT2D eigenvalue weighted by atomic mass is 9.94. The van der Waals surface area contributed by atoms with Crippen molar-refractivity contribution < 1.29 is 15.0 Å². The molecule has 3 heterocycles. The number of aliphatic hydroxyl groups excluding tert-OH is 1. The average Bonchev–Trinajstić information content (AvgIpc) is 3.58. The molecule has 0 aliphatic rings. The van der Waals surface area contributed by atoms with Crippen molar-refractivity contribution in [3.63, 3.8) is 0 Å². The molecule has 0 aliphatic heterocycles. The Morgan fingerprint density at radius 3 is 2.51 bits per heavy atom. The molecule has 0 saturated heterocycles. The summed E-state index contributed by atoms with van der Waals surface area (Å²) in [5.41, 5.74) is 7.56. The SMILES string of the molecule is Cc1cccc2c1c(Cc1c(-c3ccc4ccccc4c3C(=O)O)nc3ccccn13)cn2CC[C@H](O)c1ccccc1. The van der Waals surface area contributed by atoms with Crippen LogP contribution in [0.1, 0.15) is 45.3 Å². The minimum atomic E-state index is -0.973. The first-order valence-electron chi connectivity index (χ1n) is 14.5. The average molecular weight is 566 g/mol. The highest BCUT2D eigenvalue weighted by Gasteiger charge is 2.23. The molecule has 0 aliphatic carbocycles. The number of hydrogen-bond donors (Lipinski definition) is 2. The Hall–Kier alpha value is -5.20. The summed E-state index contributed by atoms with van der Waals surface area (Å²) in [5, 5.41) is 24.0. The van der Waals surface area contributed by atoms with Gasteiger partial charge in [0.15, 0.2) is 0 Å². The van der Waals surface area contributed by atoms with E-state index in [4.69, 9.17) is 4.98 Å². The Bertz CT molecular complexity index is 2120. The highest BCUT2D eigenvalue weighted by atomic mass is 16.4. The molecule has 43 heavy (non-hydrogen) atoms. The highest BCUT2D eigenvalue weighted by Crippen LogP contribution is 2.35. The maximum absolute atomic E-state index is 12.7. The van der Waals surface area contributed by atoms with E-state index in [9.17, 15) is 15.0 Å². The van der Waals surface area contributed by atoms with Crippen LogP contribution in [0.3, 0.4) is 0 Å². The monoisotopic (exact) mass is 565 g/mol. The van der Waals surface area contributed by atoms with Gasteiger partial charge in [-0.25, -0.2) is 9.78 Å². The van der Waals surface area contributed by atoms with E-state index in [1.54, 1.807) is 0 Å². The molecular formula is C37H31N3O3. The summed E-state index contributed by atoms with van der Waals surface area (Å²) in [6.07, 6.45) is 4.76. The van der Waals surface area contributed by atoms with E-state index in [1.807, 2.05) is 91.1 Å². The molecule has 7 rings (SSSR count). The van der Waals surface area contributed by atoms with Gasteiger partial charge in [-0.15, -0.1) is 0 Å². The zero-order valence-electron chi connectivity index (χ0n) is 23.8. The number of carbonyl (C=O) groups is 1. The van der Waals surface area contributed by atoms with Crippen molar-refractivity contribution in [1.82, 2.24) is 14.0 Å². The first-order valence-corrected chi connectivity index (χ1v) is 14.5. The molecule has 0 fully saturated rings. The summed E-state index contributed by atoms with van der Waals surface area (Å²) in [6, 6.07) is 33.4. The van der Waals surface area contributed by atoms with E-state index in [0.29, 0.717) is 36.0 Å². The van der Waals surface area contributed by atoms with Gasteiger partial charge in [0.1, 0.15) is 5.65 Å². The molecule has 1 atom stereocenters. The van der Waals surface area contributed by atoms with Crippen LogP contribution < -0.4 is 0 Å². The number of aromatic nitrogens is 3. The smallest absolute Gasteiger partial charge is 0.337 e. The summed E-state index contributed by atoms with van der Waals surface area (Å²) >= 11 is 0. The Labute approximate surface area is 249 Å². The van der Waals surface area contributed by atoms with E-state index in [1.165, 1.54) is 10.9 Å². The number of aromatic carboxylic acids is 1. The van der Waals surface area contributed by atoms with Gasteiger partial charge in [0, 0.05) is 41.8 Å². The van der Waals surface area contributed by atoms with Crippen LogP contribution in [0.2, 0.25) is 0 Å². The Kier molecular flexibility index (Phi) is 6.76. The minimum absolute atomic E-state index is 0.260. The fourth-order valence-corrected chi connectivity index (χ4v) is 6.36. The summed E-state index contributed by atoms with van der Waals surface area (Å²) in [7, 11) is 0. The molecule has 0 bridgehead atoms. The molecule has 4 aromatic carbocycles. The topological polar surface area (TPSA) is 79.8 Å². The van der Waals surface area contributed by atoms with Crippen molar-refractivity contribution in [2.24, 2.45) is 0 Å². The van der Waals surface area contributed by atoms with Gasteiger partial charge >= 0.3 is 5.97 Å². The molecule has 6 heteroatoms. The van der Waals surface area contributed by atoms with E-state index in [-0.39, 0.29) is 5.56 Å². The van der Waals surface area contributed by atoms with Crippen LogP contribution in [0.15, 0.2) is 116 Å². The lowest BCUT2D eigenvalue weighted by Gasteiger charge is -2.12. The predicted octanol–water partition coefficient (Wildman–Crippen LogP) is 7.83. The van der Waals surface area contributed by atoms with Crippen LogP contribution in [0.5, 0.6) is 0 Å². The molecule has 212 valence electrons. The van der Waals surface area contributed by atoms with E-state index in [2.05, 4.69) is 40.3 Å². The summed E-state index contributed by atoms with van der Waals surface area (Å²) in [6.45, 7) is 2.78. The van der Waals surface area contributed by atoms with Gasteiger partial charge in [0.05, 0.1) is 23.1 Å². The van der Waals surface area contributed by atoms with Crippen LogP contribution in [0, 0.1) is 6.92 Å². The van der Waals surface area contributed by atoms with Crippen LogP contribution in [-0.2, 0) is 13.0 Å². The van der Waals surface area contributed by atoms with E-state index >= 15 is 0 Å². The second-order valence-corrected chi connectivity index (χ2v) is 11.1. The van der Waals surface area contributed by atoms with Gasteiger partial charge in [-0.3, -0.25) is 0 Å². The second-order valence-electron chi connectivity index (χ2n) is 11.1. The Balaban J connectivity index is 1.35.